The summed E-state index contributed by atoms with van der Waals surface area (Å²) in [5.74, 6) is -0.789. The Morgan fingerprint density at radius 3 is 2.59 bits per heavy atom. The molecule has 0 bridgehead atoms. The number of aryl methyl sites for hydroxylation is 1. The van der Waals surface area contributed by atoms with E-state index in [1.165, 1.54) is 12.1 Å². The molecular formula is C18H15F3N4O2. The number of nitrogens with zero attached hydrogens (tertiary/aromatic N) is 3. The molecule has 0 atom stereocenters. The predicted octanol–water partition coefficient (Wildman–Crippen LogP) is 3.31. The Morgan fingerprint density at radius 1 is 1.22 bits per heavy atom. The maximum Gasteiger partial charge on any atom is 0.573 e. The van der Waals surface area contributed by atoms with Gasteiger partial charge in [0.15, 0.2) is 0 Å². The van der Waals surface area contributed by atoms with Gasteiger partial charge >= 0.3 is 6.36 Å². The van der Waals surface area contributed by atoms with Crippen LogP contribution in [0, 0.1) is 0 Å². The van der Waals surface area contributed by atoms with Crippen molar-refractivity contribution in [2.45, 2.75) is 12.9 Å². The Kier molecular flexibility index (Phi) is 5.11. The van der Waals surface area contributed by atoms with Crippen molar-refractivity contribution in [3.63, 3.8) is 0 Å². The second kappa shape index (κ2) is 7.48. The minimum Gasteiger partial charge on any atom is -0.406 e. The van der Waals surface area contributed by atoms with Crippen LogP contribution in [-0.4, -0.2) is 27.0 Å². The number of hydrogen-bond donors (Lipinski definition) is 1. The van der Waals surface area contributed by atoms with Gasteiger partial charge in [-0.3, -0.25) is 14.5 Å². The van der Waals surface area contributed by atoms with E-state index in [1.54, 1.807) is 30.2 Å². The number of benzene rings is 1. The maximum atomic E-state index is 12.2. The molecule has 1 N–H and O–H groups in total. The third kappa shape index (κ3) is 5.06. The third-order valence-corrected chi connectivity index (χ3v) is 3.63. The molecule has 0 aliphatic carbocycles. The van der Waals surface area contributed by atoms with Crippen molar-refractivity contribution in [1.82, 2.24) is 20.1 Å². The lowest BCUT2D eigenvalue weighted by Gasteiger charge is -2.10. The van der Waals surface area contributed by atoms with Gasteiger partial charge in [-0.25, -0.2) is 0 Å². The zero-order valence-corrected chi connectivity index (χ0v) is 14.2. The first kappa shape index (κ1) is 18.4. The largest absolute Gasteiger partial charge is 0.573 e. The van der Waals surface area contributed by atoms with Crippen LogP contribution in [0.3, 0.4) is 0 Å². The average Bonchev–Trinajstić information content (AvgIpc) is 3.06. The molecule has 140 valence electrons. The molecule has 0 saturated heterocycles. The predicted molar refractivity (Wildman–Crippen MR) is 90.7 cm³/mol. The average molecular weight is 376 g/mol. The van der Waals surface area contributed by atoms with Gasteiger partial charge in [-0.15, -0.1) is 13.2 Å². The van der Waals surface area contributed by atoms with E-state index in [9.17, 15) is 18.0 Å². The molecule has 0 saturated carbocycles. The number of amides is 1. The van der Waals surface area contributed by atoms with Gasteiger partial charge in [-0.1, -0.05) is 0 Å². The van der Waals surface area contributed by atoms with Gasteiger partial charge in [0.25, 0.3) is 5.91 Å². The SMILES string of the molecule is Cn1cc(-c2cc(CNC(=O)c3ccc(OC(F)(F)F)cc3)ccn2)cn1. The van der Waals surface area contributed by atoms with Crippen LogP contribution in [0.15, 0.2) is 55.0 Å². The molecule has 0 spiro atoms. The topological polar surface area (TPSA) is 69.0 Å². The van der Waals surface area contributed by atoms with Crippen molar-refractivity contribution in [3.8, 4) is 17.0 Å². The van der Waals surface area contributed by atoms with Gasteiger partial charge in [0, 0.05) is 37.1 Å². The Hall–Kier alpha value is -3.36. The number of hydrogen-bond acceptors (Lipinski definition) is 4. The van der Waals surface area contributed by atoms with Crippen molar-refractivity contribution in [1.29, 1.82) is 0 Å². The first-order valence-corrected chi connectivity index (χ1v) is 7.88. The first-order chi connectivity index (χ1) is 12.8. The van der Waals surface area contributed by atoms with Crippen molar-refractivity contribution < 1.29 is 22.7 Å². The fraction of sp³-hybridized carbons (Fsp3) is 0.167. The summed E-state index contributed by atoms with van der Waals surface area (Å²) in [6.07, 6.45) is 0.384. The lowest BCUT2D eigenvalue weighted by atomic mass is 10.1. The van der Waals surface area contributed by atoms with Crippen LogP contribution in [-0.2, 0) is 13.6 Å². The molecule has 3 rings (SSSR count). The number of aromatic nitrogens is 3. The normalized spacial score (nSPS) is 11.3. The van der Waals surface area contributed by atoms with E-state index in [-0.39, 0.29) is 17.9 Å². The highest BCUT2D eigenvalue weighted by atomic mass is 19.4. The van der Waals surface area contributed by atoms with Gasteiger partial charge in [-0.05, 0) is 42.0 Å². The molecule has 1 amide bonds. The zero-order chi connectivity index (χ0) is 19.4. The van der Waals surface area contributed by atoms with Crippen LogP contribution in [0.5, 0.6) is 5.75 Å². The second-order valence-electron chi connectivity index (χ2n) is 5.71. The van der Waals surface area contributed by atoms with Crippen LogP contribution in [0.25, 0.3) is 11.3 Å². The molecule has 2 aromatic heterocycles. The van der Waals surface area contributed by atoms with Gasteiger partial charge < -0.3 is 10.1 Å². The molecule has 9 heteroatoms. The number of nitrogens with one attached hydrogen (secondary N) is 1. The molecule has 1 aromatic carbocycles. The van der Waals surface area contributed by atoms with Gasteiger partial charge in [0.2, 0.25) is 0 Å². The lowest BCUT2D eigenvalue weighted by molar-refractivity contribution is -0.274. The molecule has 0 aliphatic heterocycles. The molecule has 0 aliphatic rings. The monoisotopic (exact) mass is 376 g/mol. The summed E-state index contributed by atoms with van der Waals surface area (Å²) in [5, 5.41) is 6.81. The van der Waals surface area contributed by atoms with Crippen molar-refractivity contribution in [2.75, 3.05) is 0 Å². The van der Waals surface area contributed by atoms with E-state index in [0.717, 1.165) is 29.0 Å². The summed E-state index contributed by atoms with van der Waals surface area (Å²) in [6, 6.07) is 8.32. The maximum absolute atomic E-state index is 12.2. The molecule has 27 heavy (non-hydrogen) atoms. The Labute approximate surface area is 152 Å². The fourth-order valence-electron chi connectivity index (χ4n) is 2.39. The number of pyridine rings is 1. The Balaban J connectivity index is 1.62. The van der Waals surface area contributed by atoms with Crippen molar-refractivity contribution in [3.05, 3.63) is 66.1 Å². The summed E-state index contributed by atoms with van der Waals surface area (Å²) >= 11 is 0. The highest BCUT2D eigenvalue weighted by Gasteiger charge is 2.31. The van der Waals surface area contributed by atoms with Crippen molar-refractivity contribution >= 4 is 5.91 Å². The van der Waals surface area contributed by atoms with Crippen LogP contribution < -0.4 is 10.1 Å². The number of carbonyl (C=O) groups is 1. The minimum atomic E-state index is -4.77. The smallest absolute Gasteiger partial charge is 0.406 e. The first-order valence-electron chi connectivity index (χ1n) is 7.88. The van der Waals surface area contributed by atoms with Gasteiger partial charge in [0.05, 0.1) is 11.9 Å². The highest BCUT2D eigenvalue weighted by molar-refractivity contribution is 5.94. The lowest BCUT2D eigenvalue weighted by Crippen LogP contribution is -2.23. The molecule has 3 aromatic rings. The summed E-state index contributed by atoms with van der Waals surface area (Å²) in [4.78, 5) is 16.4. The van der Waals surface area contributed by atoms with E-state index in [1.807, 2.05) is 12.3 Å². The van der Waals surface area contributed by atoms with E-state index in [2.05, 4.69) is 20.1 Å². The molecule has 2 heterocycles. The van der Waals surface area contributed by atoms with Crippen molar-refractivity contribution in [2.24, 2.45) is 7.05 Å². The summed E-state index contributed by atoms with van der Waals surface area (Å²) in [5.41, 5.74) is 2.63. The van der Waals surface area contributed by atoms with E-state index < -0.39 is 12.3 Å². The molecule has 0 unspecified atom stereocenters. The number of ether oxygens (including phenoxy) is 1. The summed E-state index contributed by atoms with van der Waals surface area (Å²) in [6.45, 7) is 0.245. The number of rotatable bonds is 5. The second-order valence-corrected chi connectivity index (χ2v) is 5.71. The Morgan fingerprint density at radius 2 is 1.96 bits per heavy atom. The third-order valence-electron chi connectivity index (χ3n) is 3.63. The molecule has 6 nitrogen and oxygen atoms in total. The van der Waals surface area contributed by atoms with Gasteiger partial charge in [0.1, 0.15) is 5.75 Å². The minimum absolute atomic E-state index is 0.228. The Bertz CT molecular complexity index is 936. The summed E-state index contributed by atoms with van der Waals surface area (Å²) in [7, 11) is 1.80. The number of alkyl halides is 3. The van der Waals surface area contributed by atoms with Crippen LogP contribution in [0.1, 0.15) is 15.9 Å². The van der Waals surface area contributed by atoms with E-state index in [4.69, 9.17) is 0 Å². The van der Waals surface area contributed by atoms with Crippen LogP contribution in [0.4, 0.5) is 13.2 Å². The molecular weight excluding hydrogens is 361 g/mol. The van der Waals surface area contributed by atoms with E-state index in [0.29, 0.717) is 0 Å². The quantitative estimate of drug-likeness (QED) is 0.742. The highest BCUT2D eigenvalue weighted by Crippen LogP contribution is 2.22. The van der Waals surface area contributed by atoms with E-state index >= 15 is 0 Å². The fourth-order valence-corrected chi connectivity index (χ4v) is 2.39. The van der Waals surface area contributed by atoms with Crippen LogP contribution >= 0.6 is 0 Å². The zero-order valence-electron chi connectivity index (χ0n) is 14.2. The number of halogens is 3. The molecule has 0 fully saturated rings. The van der Waals surface area contributed by atoms with Gasteiger partial charge in [-0.2, -0.15) is 5.10 Å². The number of carbonyl (C=O) groups excluding carboxylic acids is 1. The summed E-state index contributed by atoms with van der Waals surface area (Å²) < 4.78 is 41.9. The molecule has 0 radical (unpaired) electrons. The van der Waals surface area contributed by atoms with Crippen LogP contribution in [0.2, 0.25) is 0 Å². The standard InChI is InChI=1S/C18H15F3N4O2/c1-25-11-14(10-24-25)16-8-12(6-7-22-16)9-23-17(26)13-2-4-15(5-3-13)27-18(19,20)21/h2-8,10-11H,9H2,1H3,(H,23,26).